The maximum atomic E-state index is 12.3. The number of unbranched alkanes of at least 4 members (excludes halogenated alkanes) is 4. The highest BCUT2D eigenvalue weighted by Gasteiger charge is 2.31. The van der Waals surface area contributed by atoms with E-state index in [4.69, 9.17) is 0 Å². The van der Waals surface area contributed by atoms with Crippen LogP contribution in [0.15, 0.2) is 0 Å². The topological polar surface area (TPSA) is 29.1 Å². The van der Waals surface area contributed by atoms with Gasteiger partial charge in [0.25, 0.3) is 5.91 Å². The molecule has 0 aliphatic heterocycles. The van der Waals surface area contributed by atoms with Crippen molar-refractivity contribution in [3.05, 3.63) is 0 Å². The molecule has 0 aliphatic carbocycles. The molecular formula is C10H19F2NO. The SMILES string of the molecule is CCCCCCCNC(=O)C(C)(F)F. The standard InChI is InChI=1S/C10H19F2NO/c1-3-4-5-6-7-8-13-9(14)10(2,11)12/h3-8H2,1-2H3,(H,13,14). The third-order valence-electron chi connectivity index (χ3n) is 1.96. The molecule has 2 nitrogen and oxygen atoms in total. The van der Waals surface area contributed by atoms with Crippen molar-refractivity contribution in [1.29, 1.82) is 0 Å². The summed E-state index contributed by atoms with van der Waals surface area (Å²) >= 11 is 0. The summed E-state index contributed by atoms with van der Waals surface area (Å²) in [5.41, 5.74) is 0. The predicted octanol–water partition coefficient (Wildman–Crippen LogP) is 2.73. The van der Waals surface area contributed by atoms with E-state index in [0.29, 0.717) is 13.5 Å². The summed E-state index contributed by atoms with van der Waals surface area (Å²) in [6.07, 6.45) is 5.19. The monoisotopic (exact) mass is 207 g/mol. The molecule has 0 saturated carbocycles. The number of halogens is 2. The van der Waals surface area contributed by atoms with Crippen LogP contribution in [-0.2, 0) is 4.79 Å². The molecule has 1 amide bonds. The first-order valence-corrected chi connectivity index (χ1v) is 5.14. The van der Waals surface area contributed by atoms with Gasteiger partial charge in [-0.25, -0.2) is 0 Å². The molecule has 0 aromatic rings. The summed E-state index contributed by atoms with van der Waals surface area (Å²) in [5.74, 6) is -4.42. The number of amides is 1. The Morgan fingerprint density at radius 3 is 2.29 bits per heavy atom. The number of rotatable bonds is 7. The summed E-state index contributed by atoms with van der Waals surface area (Å²) in [6.45, 7) is 3.07. The first kappa shape index (κ1) is 13.3. The molecule has 0 atom stereocenters. The van der Waals surface area contributed by atoms with Gasteiger partial charge in [0.1, 0.15) is 0 Å². The van der Waals surface area contributed by atoms with Crippen LogP contribution in [0.2, 0.25) is 0 Å². The van der Waals surface area contributed by atoms with E-state index in [2.05, 4.69) is 12.2 Å². The smallest absolute Gasteiger partial charge is 0.321 e. The number of carbonyl (C=O) groups excluding carboxylic acids is 1. The second-order valence-electron chi connectivity index (χ2n) is 3.56. The van der Waals surface area contributed by atoms with E-state index in [1.165, 1.54) is 0 Å². The largest absolute Gasteiger partial charge is 0.351 e. The van der Waals surface area contributed by atoms with Crippen molar-refractivity contribution in [1.82, 2.24) is 5.32 Å². The molecule has 1 N–H and O–H groups in total. The predicted molar refractivity (Wildman–Crippen MR) is 52.4 cm³/mol. The van der Waals surface area contributed by atoms with Crippen molar-refractivity contribution < 1.29 is 13.6 Å². The van der Waals surface area contributed by atoms with E-state index >= 15 is 0 Å². The second-order valence-corrected chi connectivity index (χ2v) is 3.56. The highest BCUT2D eigenvalue weighted by atomic mass is 19.3. The van der Waals surface area contributed by atoms with Gasteiger partial charge in [-0.3, -0.25) is 4.79 Å². The lowest BCUT2D eigenvalue weighted by molar-refractivity contribution is -0.143. The minimum Gasteiger partial charge on any atom is -0.351 e. The van der Waals surface area contributed by atoms with Crippen LogP contribution in [0.4, 0.5) is 8.78 Å². The fourth-order valence-electron chi connectivity index (χ4n) is 1.09. The van der Waals surface area contributed by atoms with Crippen LogP contribution >= 0.6 is 0 Å². The lowest BCUT2D eigenvalue weighted by atomic mass is 10.1. The third-order valence-corrected chi connectivity index (χ3v) is 1.96. The average molecular weight is 207 g/mol. The molecule has 84 valence electrons. The Labute approximate surface area is 84.1 Å². The summed E-state index contributed by atoms with van der Waals surface area (Å²) in [7, 11) is 0. The van der Waals surface area contributed by atoms with Crippen molar-refractivity contribution in [3.63, 3.8) is 0 Å². The third kappa shape index (κ3) is 6.80. The number of nitrogens with one attached hydrogen (secondary N) is 1. The Morgan fingerprint density at radius 1 is 1.21 bits per heavy atom. The van der Waals surface area contributed by atoms with Gasteiger partial charge in [-0.1, -0.05) is 32.6 Å². The summed E-state index contributed by atoms with van der Waals surface area (Å²) in [6, 6.07) is 0. The van der Waals surface area contributed by atoms with Crippen LogP contribution in [-0.4, -0.2) is 18.4 Å². The molecule has 0 radical (unpaired) electrons. The van der Waals surface area contributed by atoms with Crippen LogP contribution in [0.5, 0.6) is 0 Å². The average Bonchev–Trinajstić information content (AvgIpc) is 2.09. The van der Waals surface area contributed by atoms with E-state index in [9.17, 15) is 13.6 Å². The number of alkyl halides is 2. The molecule has 14 heavy (non-hydrogen) atoms. The lowest BCUT2D eigenvalue weighted by Crippen LogP contribution is -2.38. The molecule has 0 rings (SSSR count). The molecule has 0 aliphatic rings. The molecular weight excluding hydrogens is 188 g/mol. The molecule has 0 bridgehead atoms. The van der Waals surface area contributed by atoms with Gasteiger partial charge in [0, 0.05) is 13.5 Å². The number of carbonyl (C=O) groups is 1. The van der Waals surface area contributed by atoms with Crippen LogP contribution in [0, 0.1) is 0 Å². The van der Waals surface area contributed by atoms with Gasteiger partial charge in [-0.15, -0.1) is 0 Å². The lowest BCUT2D eigenvalue weighted by Gasteiger charge is -2.10. The van der Waals surface area contributed by atoms with E-state index in [1.807, 2.05) is 0 Å². The Bertz CT molecular complexity index is 166. The minimum absolute atomic E-state index is 0.353. The second kappa shape index (κ2) is 6.74. The van der Waals surface area contributed by atoms with E-state index in [1.54, 1.807) is 0 Å². The van der Waals surface area contributed by atoms with Gasteiger partial charge >= 0.3 is 5.92 Å². The van der Waals surface area contributed by atoms with Crippen LogP contribution in [0.25, 0.3) is 0 Å². The molecule has 0 aromatic heterocycles. The zero-order chi connectivity index (χ0) is 11.0. The van der Waals surface area contributed by atoms with Crippen molar-refractivity contribution in [2.24, 2.45) is 0 Å². The summed E-state index contributed by atoms with van der Waals surface area (Å²) < 4.78 is 24.7. The molecule has 4 heteroatoms. The highest BCUT2D eigenvalue weighted by molar-refractivity contribution is 5.82. The Morgan fingerprint density at radius 2 is 1.79 bits per heavy atom. The van der Waals surface area contributed by atoms with E-state index < -0.39 is 11.8 Å². The van der Waals surface area contributed by atoms with Crippen LogP contribution < -0.4 is 5.32 Å². The van der Waals surface area contributed by atoms with Gasteiger partial charge in [-0.05, 0) is 6.42 Å². The normalized spacial score (nSPS) is 11.4. The van der Waals surface area contributed by atoms with Gasteiger partial charge in [-0.2, -0.15) is 8.78 Å². The van der Waals surface area contributed by atoms with Crippen molar-refractivity contribution in [3.8, 4) is 0 Å². The first-order valence-electron chi connectivity index (χ1n) is 5.14. The maximum Gasteiger partial charge on any atom is 0.321 e. The fourth-order valence-corrected chi connectivity index (χ4v) is 1.09. The van der Waals surface area contributed by atoms with Crippen LogP contribution in [0.1, 0.15) is 46.0 Å². The highest BCUT2D eigenvalue weighted by Crippen LogP contribution is 2.10. The zero-order valence-corrected chi connectivity index (χ0v) is 8.91. The van der Waals surface area contributed by atoms with Gasteiger partial charge in [0.2, 0.25) is 0 Å². The molecule has 0 aromatic carbocycles. The van der Waals surface area contributed by atoms with E-state index in [0.717, 1.165) is 32.1 Å². The maximum absolute atomic E-state index is 12.3. The quantitative estimate of drug-likeness (QED) is 0.639. The fraction of sp³-hybridized carbons (Fsp3) is 0.900. The zero-order valence-electron chi connectivity index (χ0n) is 8.91. The van der Waals surface area contributed by atoms with Crippen molar-refractivity contribution >= 4 is 5.91 Å². The Balaban J connectivity index is 3.33. The summed E-state index contributed by atoms with van der Waals surface area (Å²) in [4.78, 5) is 10.7. The minimum atomic E-state index is -3.25. The molecule has 0 heterocycles. The Kier molecular flexibility index (Phi) is 6.41. The molecule has 0 saturated heterocycles. The Hall–Kier alpha value is -0.670. The number of hydrogen-bond acceptors (Lipinski definition) is 1. The summed E-state index contributed by atoms with van der Waals surface area (Å²) in [5, 5.41) is 2.21. The van der Waals surface area contributed by atoms with Crippen LogP contribution in [0.3, 0.4) is 0 Å². The number of hydrogen-bond donors (Lipinski definition) is 1. The van der Waals surface area contributed by atoms with Gasteiger partial charge in [0.05, 0.1) is 0 Å². The van der Waals surface area contributed by atoms with Gasteiger partial charge < -0.3 is 5.32 Å². The van der Waals surface area contributed by atoms with Crippen molar-refractivity contribution in [2.75, 3.05) is 6.54 Å². The molecule has 0 fully saturated rings. The molecule has 0 spiro atoms. The van der Waals surface area contributed by atoms with E-state index in [-0.39, 0.29) is 0 Å². The van der Waals surface area contributed by atoms with Gasteiger partial charge in [0.15, 0.2) is 0 Å². The first-order chi connectivity index (χ1) is 6.48. The van der Waals surface area contributed by atoms with Crippen molar-refractivity contribution in [2.45, 2.75) is 51.9 Å². The molecule has 0 unspecified atom stereocenters.